The van der Waals surface area contributed by atoms with Gasteiger partial charge in [-0.15, -0.1) is 11.3 Å². The van der Waals surface area contributed by atoms with Gasteiger partial charge in [0.2, 0.25) is 0 Å². The van der Waals surface area contributed by atoms with E-state index >= 15 is 0 Å². The molecular weight excluding hydrogens is 382 g/mol. The maximum absolute atomic E-state index is 13.1. The Labute approximate surface area is 165 Å². The van der Waals surface area contributed by atoms with Gasteiger partial charge < -0.3 is 4.90 Å². The van der Waals surface area contributed by atoms with Crippen molar-refractivity contribution in [1.82, 2.24) is 18.6 Å². The van der Waals surface area contributed by atoms with Crippen molar-refractivity contribution in [2.24, 2.45) is 0 Å². The Kier molecular flexibility index (Phi) is 5.37. The van der Waals surface area contributed by atoms with E-state index in [-0.39, 0.29) is 6.04 Å². The number of thiophene rings is 1. The summed E-state index contributed by atoms with van der Waals surface area (Å²) in [6.07, 6.45) is 7.04. The number of nitrogens with zero attached hydrogens (tertiary/aromatic N) is 5. The third kappa shape index (κ3) is 3.70. The molecule has 2 fully saturated rings. The summed E-state index contributed by atoms with van der Waals surface area (Å²) in [5.74, 6) is 0.919. The molecule has 0 amide bonds. The van der Waals surface area contributed by atoms with Crippen LogP contribution in [0.5, 0.6) is 0 Å². The molecule has 2 aliphatic rings. The van der Waals surface area contributed by atoms with Gasteiger partial charge in [-0.05, 0) is 25.8 Å². The normalized spacial score (nSPS) is 20.6. The molecule has 1 saturated carbocycles. The zero-order valence-corrected chi connectivity index (χ0v) is 17.6. The highest BCUT2D eigenvalue weighted by Crippen LogP contribution is 2.31. The van der Waals surface area contributed by atoms with E-state index < -0.39 is 10.2 Å². The Bertz CT molecular complexity index is 900. The molecule has 4 rings (SSSR count). The van der Waals surface area contributed by atoms with Crippen molar-refractivity contribution in [2.75, 3.05) is 38.1 Å². The standard InChI is InChI=1S/C18H27N5O2S2/c1-14-12-16-17(19-13-20-18(16)26-14)22-8-10-23(11-9-22)27(24,25)21(2)15-6-4-3-5-7-15/h12-13,15H,3-11H2,1-2H3. The number of fused-ring (bicyclic) bond motifs is 1. The molecule has 9 heteroatoms. The van der Waals surface area contributed by atoms with Crippen LogP contribution in [0.3, 0.4) is 0 Å². The highest BCUT2D eigenvalue weighted by atomic mass is 32.2. The summed E-state index contributed by atoms with van der Waals surface area (Å²) in [5, 5.41) is 1.07. The van der Waals surface area contributed by atoms with Gasteiger partial charge in [0.25, 0.3) is 10.2 Å². The second-order valence-electron chi connectivity index (χ2n) is 7.48. The van der Waals surface area contributed by atoms with E-state index in [0.29, 0.717) is 26.2 Å². The molecule has 0 radical (unpaired) electrons. The maximum Gasteiger partial charge on any atom is 0.282 e. The number of anilines is 1. The number of piperazine rings is 1. The van der Waals surface area contributed by atoms with Crippen LogP contribution in [0.2, 0.25) is 0 Å². The number of hydrogen-bond donors (Lipinski definition) is 0. The van der Waals surface area contributed by atoms with Gasteiger partial charge >= 0.3 is 0 Å². The topological polar surface area (TPSA) is 69.6 Å². The minimum Gasteiger partial charge on any atom is -0.353 e. The third-order valence-corrected chi connectivity index (χ3v) is 8.75. The SMILES string of the molecule is Cc1cc2c(N3CCN(S(=O)(=O)N(C)C4CCCCC4)CC3)ncnc2s1. The van der Waals surface area contributed by atoms with Crippen molar-refractivity contribution in [3.05, 3.63) is 17.3 Å². The number of rotatable bonds is 4. The van der Waals surface area contributed by atoms with Gasteiger partial charge in [-0.3, -0.25) is 0 Å². The third-order valence-electron chi connectivity index (χ3n) is 5.75. The van der Waals surface area contributed by atoms with Gasteiger partial charge in [0, 0.05) is 44.1 Å². The van der Waals surface area contributed by atoms with Crippen LogP contribution in [0.4, 0.5) is 5.82 Å². The molecule has 27 heavy (non-hydrogen) atoms. The zero-order valence-electron chi connectivity index (χ0n) is 16.0. The second kappa shape index (κ2) is 7.62. The highest BCUT2D eigenvalue weighted by molar-refractivity contribution is 7.86. The van der Waals surface area contributed by atoms with Crippen molar-refractivity contribution in [3.8, 4) is 0 Å². The molecule has 1 aliphatic carbocycles. The molecule has 1 saturated heterocycles. The van der Waals surface area contributed by atoms with Gasteiger partial charge in [0.1, 0.15) is 17.0 Å². The molecule has 0 atom stereocenters. The fourth-order valence-corrected chi connectivity index (χ4v) is 6.58. The summed E-state index contributed by atoms with van der Waals surface area (Å²) in [7, 11) is -1.65. The molecule has 2 aromatic rings. The van der Waals surface area contributed by atoms with Crippen LogP contribution < -0.4 is 4.90 Å². The van der Waals surface area contributed by atoms with Gasteiger partial charge in [-0.2, -0.15) is 17.0 Å². The quantitative estimate of drug-likeness (QED) is 0.776. The molecule has 0 bridgehead atoms. The van der Waals surface area contributed by atoms with E-state index in [2.05, 4.69) is 27.9 Å². The van der Waals surface area contributed by atoms with Crippen LogP contribution >= 0.6 is 11.3 Å². The molecule has 0 N–H and O–H groups in total. The fraction of sp³-hybridized carbons (Fsp3) is 0.667. The lowest BCUT2D eigenvalue weighted by atomic mass is 9.96. The summed E-state index contributed by atoms with van der Waals surface area (Å²) in [5.41, 5.74) is 0. The van der Waals surface area contributed by atoms with Gasteiger partial charge in [0.05, 0.1) is 5.39 Å². The molecular formula is C18H27N5O2S2. The van der Waals surface area contributed by atoms with Crippen molar-refractivity contribution in [2.45, 2.75) is 45.1 Å². The molecule has 7 nitrogen and oxygen atoms in total. The monoisotopic (exact) mass is 409 g/mol. The van der Waals surface area contributed by atoms with Gasteiger partial charge in [0.15, 0.2) is 0 Å². The predicted octanol–water partition coefficient (Wildman–Crippen LogP) is 2.63. The lowest BCUT2D eigenvalue weighted by Gasteiger charge is -2.39. The molecule has 0 aromatic carbocycles. The Morgan fingerprint density at radius 3 is 2.52 bits per heavy atom. The average molecular weight is 410 g/mol. The van der Waals surface area contributed by atoms with E-state index in [1.807, 2.05) is 0 Å². The summed E-state index contributed by atoms with van der Waals surface area (Å²) < 4.78 is 29.4. The first-order valence-electron chi connectivity index (χ1n) is 9.66. The lowest BCUT2D eigenvalue weighted by molar-refractivity contribution is 0.259. The van der Waals surface area contributed by atoms with E-state index in [9.17, 15) is 8.42 Å². The van der Waals surface area contributed by atoms with E-state index in [0.717, 1.165) is 41.7 Å². The number of aryl methyl sites for hydroxylation is 1. The first-order chi connectivity index (χ1) is 13.0. The number of aromatic nitrogens is 2. The van der Waals surface area contributed by atoms with Crippen LogP contribution in [-0.4, -0.2) is 66.3 Å². The summed E-state index contributed by atoms with van der Waals surface area (Å²) >= 11 is 1.66. The molecule has 3 heterocycles. The predicted molar refractivity (Wildman–Crippen MR) is 109 cm³/mol. The molecule has 1 aliphatic heterocycles. The van der Waals surface area contributed by atoms with E-state index in [4.69, 9.17) is 0 Å². The highest BCUT2D eigenvalue weighted by Gasteiger charge is 2.35. The Hall–Kier alpha value is -1.29. The second-order valence-corrected chi connectivity index (χ2v) is 10.7. The zero-order chi connectivity index (χ0) is 19.0. The van der Waals surface area contributed by atoms with Crippen molar-refractivity contribution in [1.29, 1.82) is 0 Å². The average Bonchev–Trinajstić information content (AvgIpc) is 3.08. The largest absolute Gasteiger partial charge is 0.353 e. The van der Waals surface area contributed by atoms with Crippen molar-refractivity contribution in [3.63, 3.8) is 0 Å². The van der Waals surface area contributed by atoms with Crippen molar-refractivity contribution < 1.29 is 8.42 Å². The first-order valence-corrected chi connectivity index (χ1v) is 11.9. The van der Waals surface area contributed by atoms with Crippen LogP contribution in [0.15, 0.2) is 12.4 Å². The maximum atomic E-state index is 13.1. The smallest absolute Gasteiger partial charge is 0.282 e. The fourth-order valence-electron chi connectivity index (χ4n) is 4.16. The van der Waals surface area contributed by atoms with E-state index in [1.54, 1.807) is 33.3 Å². The van der Waals surface area contributed by atoms with E-state index in [1.165, 1.54) is 11.3 Å². The van der Waals surface area contributed by atoms with Crippen LogP contribution in [-0.2, 0) is 10.2 Å². The lowest BCUT2D eigenvalue weighted by Crippen LogP contribution is -2.54. The van der Waals surface area contributed by atoms with Crippen LogP contribution in [0.25, 0.3) is 10.2 Å². The van der Waals surface area contributed by atoms with Gasteiger partial charge in [-0.1, -0.05) is 19.3 Å². The first kappa shape index (κ1) is 19.0. The van der Waals surface area contributed by atoms with Crippen molar-refractivity contribution >= 4 is 37.6 Å². The molecule has 148 valence electrons. The summed E-state index contributed by atoms with van der Waals surface area (Å²) in [6.45, 7) is 4.36. The van der Waals surface area contributed by atoms with Crippen LogP contribution in [0.1, 0.15) is 37.0 Å². The Morgan fingerprint density at radius 1 is 1.11 bits per heavy atom. The minimum absolute atomic E-state index is 0.150. The summed E-state index contributed by atoms with van der Waals surface area (Å²) in [6, 6.07) is 2.27. The molecule has 2 aromatic heterocycles. The Balaban J connectivity index is 1.46. The molecule has 0 spiro atoms. The van der Waals surface area contributed by atoms with Crippen LogP contribution in [0, 0.1) is 6.92 Å². The minimum atomic E-state index is -3.40. The molecule has 0 unspecified atom stereocenters. The Morgan fingerprint density at radius 2 is 1.81 bits per heavy atom. The number of hydrogen-bond acceptors (Lipinski definition) is 6. The van der Waals surface area contributed by atoms with Gasteiger partial charge in [-0.25, -0.2) is 9.97 Å². The summed E-state index contributed by atoms with van der Waals surface area (Å²) in [4.78, 5) is 13.2.